The Kier molecular flexibility index (Phi) is 8.30. The van der Waals surface area contributed by atoms with Crippen molar-refractivity contribution in [1.29, 1.82) is 0 Å². The van der Waals surface area contributed by atoms with Crippen molar-refractivity contribution >= 4 is 23.4 Å². The standard InChI is InChI=1S/C27H32N2O6/c1-5-28(6-2)14-7-15-29-23(18-9-11-19(12-10-18)27(34)35-4)22(25(32)26(29)33)24(31)20-16-17(3)8-13-21(20)30/h8-13,16,23,30-31H,5-7,14-15H2,1-4H3. The number of aromatic hydroxyl groups is 1. The van der Waals surface area contributed by atoms with Gasteiger partial charge < -0.3 is 24.7 Å². The van der Waals surface area contributed by atoms with Gasteiger partial charge in [0.25, 0.3) is 11.7 Å². The zero-order valence-corrected chi connectivity index (χ0v) is 20.6. The molecule has 8 nitrogen and oxygen atoms in total. The molecule has 1 amide bonds. The van der Waals surface area contributed by atoms with Crippen LogP contribution >= 0.6 is 0 Å². The first-order valence-corrected chi connectivity index (χ1v) is 11.7. The van der Waals surface area contributed by atoms with E-state index < -0.39 is 29.5 Å². The SMILES string of the molecule is CCN(CC)CCCN1C(=O)C(=O)C(=C(O)c2cc(C)ccc2O)C1c1ccc(C(=O)OC)cc1. The number of hydrogen-bond donors (Lipinski definition) is 2. The number of aliphatic hydroxyl groups excluding tert-OH is 1. The smallest absolute Gasteiger partial charge is 0.337 e. The maximum atomic E-state index is 13.2. The van der Waals surface area contributed by atoms with Crippen LogP contribution in [0.15, 0.2) is 48.0 Å². The van der Waals surface area contributed by atoms with Crippen molar-refractivity contribution in [2.24, 2.45) is 0 Å². The van der Waals surface area contributed by atoms with E-state index in [0.717, 1.165) is 25.2 Å². The van der Waals surface area contributed by atoms with E-state index in [-0.39, 0.29) is 16.9 Å². The number of nitrogens with zero attached hydrogens (tertiary/aromatic N) is 2. The molecule has 0 spiro atoms. The molecular formula is C27H32N2O6. The largest absolute Gasteiger partial charge is 0.507 e. The van der Waals surface area contributed by atoms with Crippen molar-refractivity contribution in [3.05, 3.63) is 70.3 Å². The van der Waals surface area contributed by atoms with Crippen molar-refractivity contribution in [3.63, 3.8) is 0 Å². The molecule has 1 aliphatic heterocycles. The van der Waals surface area contributed by atoms with E-state index in [9.17, 15) is 24.6 Å². The van der Waals surface area contributed by atoms with E-state index in [2.05, 4.69) is 18.7 Å². The van der Waals surface area contributed by atoms with Gasteiger partial charge >= 0.3 is 5.97 Å². The number of phenols is 1. The Morgan fingerprint density at radius 1 is 1.09 bits per heavy atom. The number of phenolic OH excluding ortho intramolecular Hbond substituents is 1. The van der Waals surface area contributed by atoms with Crippen molar-refractivity contribution in [2.75, 3.05) is 33.3 Å². The van der Waals surface area contributed by atoms with Gasteiger partial charge in [0.05, 0.1) is 29.9 Å². The van der Waals surface area contributed by atoms with Gasteiger partial charge in [-0.05, 0) is 62.8 Å². The Morgan fingerprint density at radius 3 is 2.34 bits per heavy atom. The molecule has 1 saturated heterocycles. The van der Waals surface area contributed by atoms with Crippen molar-refractivity contribution in [1.82, 2.24) is 9.80 Å². The zero-order chi connectivity index (χ0) is 25.7. The van der Waals surface area contributed by atoms with Crippen LogP contribution in [-0.2, 0) is 14.3 Å². The molecule has 0 saturated carbocycles. The molecule has 1 aliphatic rings. The minimum absolute atomic E-state index is 0.0855. The van der Waals surface area contributed by atoms with E-state index in [4.69, 9.17) is 4.74 Å². The number of ketones is 1. The number of Topliss-reactive ketones (excluding diaryl/α,β-unsaturated/α-hetero) is 1. The normalized spacial score (nSPS) is 17.3. The fourth-order valence-electron chi connectivity index (χ4n) is 4.37. The summed E-state index contributed by atoms with van der Waals surface area (Å²) in [6, 6.07) is 10.2. The number of hydrogen-bond acceptors (Lipinski definition) is 7. The lowest BCUT2D eigenvalue weighted by atomic mass is 9.94. The molecule has 1 heterocycles. The van der Waals surface area contributed by atoms with Crippen LogP contribution in [0.2, 0.25) is 0 Å². The van der Waals surface area contributed by atoms with E-state index in [0.29, 0.717) is 24.1 Å². The molecule has 186 valence electrons. The van der Waals surface area contributed by atoms with Crippen LogP contribution < -0.4 is 0 Å². The van der Waals surface area contributed by atoms with Gasteiger partial charge in [0.1, 0.15) is 11.5 Å². The van der Waals surface area contributed by atoms with Crippen LogP contribution in [0, 0.1) is 6.92 Å². The monoisotopic (exact) mass is 480 g/mol. The Morgan fingerprint density at radius 2 is 1.74 bits per heavy atom. The van der Waals surface area contributed by atoms with E-state index >= 15 is 0 Å². The van der Waals surface area contributed by atoms with Gasteiger partial charge in [-0.2, -0.15) is 0 Å². The van der Waals surface area contributed by atoms with E-state index in [1.165, 1.54) is 18.1 Å². The zero-order valence-electron chi connectivity index (χ0n) is 20.6. The number of amides is 1. The number of likely N-dealkylation sites (tertiary alicyclic amines) is 1. The maximum Gasteiger partial charge on any atom is 0.337 e. The van der Waals surface area contributed by atoms with Crippen LogP contribution in [0.25, 0.3) is 5.76 Å². The lowest BCUT2D eigenvalue weighted by Crippen LogP contribution is -2.33. The van der Waals surface area contributed by atoms with Crippen molar-refractivity contribution in [2.45, 2.75) is 33.2 Å². The topological polar surface area (TPSA) is 107 Å². The second-order valence-electron chi connectivity index (χ2n) is 8.51. The molecule has 0 bridgehead atoms. The second kappa shape index (κ2) is 11.2. The van der Waals surface area contributed by atoms with Crippen LogP contribution in [0.4, 0.5) is 0 Å². The van der Waals surface area contributed by atoms with Gasteiger partial charge in [-0.1, -0.05) is 37.6 Å². The molecule has 0 radical (unpaired) electrons. The van der Waals surface area contributed by atoms with E-state index in [1.807, 2.05) is 0 Å². The highest BCUT2D eigenvalue weighted by molar-refractivity contribution is 6.46. The van der Waals surface area contributed by atoms with Gasteiger partial charge in [0.15, 0.2) is 0 Å². The summed E-state index contributed by atoms with van der Waals surface area (Å²) in [5, 5.41) is 21.5. The van der Waals surface area contributed by atoms with Crippen LogP contribution in [0.5, 0.6) is 5.75 Å². The Balaban J connectivity index is 2.08. The molecule has 0 aromatic heterocycles. The molecule has 3 rings (SSSR count). The first-order chi connectivity index (χ1) is 16.7. The van der Waals surface area contributed by atoms with Gasteiger partial charge in [0.2, 0.25) is 0 Å². The summed E-state index contributed by atoms with van der Waals surface area (Å²) in [7, 11) is 1.29. The molecule has 8 heteroatoms. The number of aryl methyl sites for hydroxylation is 1. The van der Waals surface area contributed by atoms with Crippen molar-refractivity contribution < 1.29 is 29.3 Å². The first-order valence-electron chi connectivity index (χ1n) is 11.7. The highest BCUT2D eigenvalue weighted by atomic mass is 16.5. The average molecular weight is 481 g/mol. The summed E-state index contributed by atoms with van der Waals surface area (Å²) >= 11 is 0. The number of methoxy groups -OCH3 is 1. The van der Waals surface area contributed by atoms with Gasteiger partial charge in [-0.15, -0.1) is 0 Å². The fraction of sp³-hybridized carbons (Fsp3) is 0.370. The Labute approximate surface area is 205 Å². The second-order valence-corrected chi connectivity index (χ2v) is 8.51. The Bertz CT molecular complexity index is 1130. The molecular weight excluding hydrogens is 448 g/mol. The lowest BCUT2D eigenvalue weighted by Gasteiger charge is -2.27. The third-order valence-corrected chi connectivity index (χ3v) is 6.36. The summed E-state index contributed by atoms with van der Waals surface area (Å²) < 4.78 is 4.76. The van der Waals surface area contributed by atoms with E-state index in [1.54, 1.807) is 43.3 Å². The number of carbonyl (C=O) groups excluding carboxylic acids is 3. The van der Waals surface area contributed by atoms with Gasteiger partial charge in [-0.3, -0.25) is 9.59 Å². The number of benzene rings is 2. The van der Waals surface area contributed by atoms with Crippen LogP contribution in [0.3, 0.4) is 0 Å². The van der Waals surface area contributed by atoms with Crippen LogP contribution in [-0.4, -0.2) is 71.0 Å². The number of ether oxygens (including phenoxy) is 1. The molecule has 2 aromatic rings. The molecule has 2 aromatic carbocycles. The third-order valence-electron chi connectivity index (χ3n) is 6.36. The fourth-order valence-corrected chi connectivity index (χ4v) is 4.37. The minimum Gasteiger partial charge on any atom is -0.507 e. The average Bonchev–Trinajstić information content (AvgIpc) is 3.12. The van der Waals surface area contributed by atoms with Gasteiger partial charge in [-0.25, -0.2) is 4.79 Å². The quantitative estimate of drug-likeness (QED) is 0.244. The number of aliphatic hydroxyl groups is 1. The predicted octanol–water partition coefficient (Wildman–Crippen LogP) is 3.64. The molecule has 0 aliphatic carbocycles. The molecule has 1 fully saturated rings. The summed E-state index contributed by atoms with van der Waals surface area (Å²) in [6.07, 6.45) is 0.640. The highest BCUT2D eigenvalue weighted by Gasteiger charge is 2.46. The molecule has 2 N–H and O–H groups in total. The molecule has 35 heavy (non-hydrogen) atoms. The Hall–Kier alpha value is -3.65. The highest BCUT2D eigenvalue weighted by Crippen LogP contribution is 2.41. The van der Waals surface area contributed by atoms with Gasteiger partial charge in [0, 0.05) is 6.54 Å². The molecule has 1 atom stereocenters. The summed E-state index contributed by atoms with van der Waals surface area (Å²) in [5.74, 6) is -2.65. The first kappa shape index (κ1) is 26.0. The lowest BCUT2D eigenvalue weighted by molar-refractivity contribution is -0.140. The summed E-state index contributed by atoms with van der Waals surface area (Å²) in [6.45, 7) is 8.73. The summed E-state index contributed by atoms with van der Waals surface area (Å²) in [4.78, 5) is 41.8. The predicted molar refractivity (Wildman–Crippen MR) is 132 cm³/mol. The van der Waals surface area contributed by atoms with Crippen LogP contribution in [0.1, 0.15) is 53.4 Å². The number of carbonyl (C=O) groups is 3. The molecule has 1 unspecified atom stereocenters. The number of esters is 1. The van der Waals surface area contributed by atoms with Crippen molar-refractivity contribution in [3.8, 4) is 5.75 Å². The summed E-state index contributed by atoms with van der Waals surface area (Å²) in [5.41, 5.74) is 1.66. The minimum atomic E-state index is -0.863. The maximum absolute atomic E-state index is 13.2. The third kappa shape index (κ3) is 5.38. The number of rotatable bonds is 9.